The molecular formula is C20H31NO2. The van der Waals surface area contributed by atoms with Gasteiger partial charge in [-0.05, 0) is 61.4 Å². The van der Waals surface area contributed by atoms with Gasteiger partial charge in [0.1, 0.15) is 5.75 Å². The fourth-order valence-corrected chi connectivity index (χ4v) is 4.22. The first-order chi connectivity index (χ1) is 10.8. The molecule has 0 aliphatic carbocycles. The van der Waals surface area contributed by atoms with Gasteiger partial charge >= 0.3 is 0 Å². The van der Waals surface area contributed by atoms with Crippen LogP contribution in [0.4, 0.5) is 0 Å². The van der Waals surface area contributed by atoms with Crippen LogP contribution < -0.4 is 4.74 Å². The van der Waals surface area contributed by atoms with Gasteiger partial charge in [-0.1, -0.05) is 20.8 Å². The van der Waals surface area contributed by atoms with E-state index in [1.165, 1.54) is 6.42 Å². The number of Topliss-reactive ketones (excluding diaryl/α,β-unsaturated/α-hetero) is 1. The highest BCUT2D eigenvalue weighted by molar-refractivity contribution is 5.97. The number of hydrogen-bond donors (Lipinski definition) is 0. The first kappa shape index (κ1) is 18.0. The minimum Gasteiger partial charge on any atom is -0.497 e. The Bertz CT molecular complexity index is 569. The second-order valence-electron chi connectivity index (χ2n) is 7.60. The Morgan fingerprint density at radius 1 is 1.48 bits per heavy atom. The summed E-state index contributed by atoms with van der Waals surface area (Å²) in [6.07, 6.45) is 1.80. The standard InChI is InChI=1S/C20H31NO2/c1-7-20(4)13-21(5)12-18(20)15(3)11-19(22)17-9-8-16(23-6)10-14(17)2/h8-10,15,18H,7,11-13H2,1-6H3. The average Bonchev–Trinajstić information content (AvgIpc) is 2.82. The molecule has 1 aliphatic rings. The van der Waals surface area contributed by atoms with E-state index >= 15 is 0 Å². The maximum Gasteiger partial charge on any atom is 0.163 e. The Morgan fingerprint density at radius 2 is 2.17 bits per heavy atom. The van der Waals surface area contributed by atoms with Crippen molar-refractivity contribution in [3.05, 3.63) is 29.3 Å². The number of benzene rings is 1. The van der Waals surface area contributed by atoms with Crippen LogP contribution in [0, 0.1) is 24.2 Å². The van der Waals surface area contributed by atoms with Crippen LogP contribution in [0.15, 0.2) is 18.2 Å². The van der Waals surface area contributed by atoms with Crippen LogP contribution in [0.3, 0.4) is 0 Å². The molecule has 0 saturated carbocycles. The lowest BCUT2D eigenvalue weighted by molar-refractivity contribution is 0.0916. The molecule has 0 radical (unpaired) electrons. The van der Waals surface area contributed by atoms with Crippen molar-refractivity contribution >= 4 is 5.78 Å². The number of methoxy groups -OCH3 is 1. The van der Waals surface area contributed by atoms with Crippen molar-refractivity contribution in [2.24, 2.45) is 17.3 Å². The zero-order valence-electron chi connectivity index (χ0n) is 15.5. The monoisotopic (exact) mass is 317 g/mol. The molecule has 3 atom stereocenters. The normalized spacial score (nSPS) is 26.3. The SMILES string of the molecule is CCC1(C)CN(C)CC1C(C)CC(=O)c1ccc(OC)cc1C. The molecule has 1 aromatic carbocycles. The summed E-state index contributed by atoms with van der Waals surface area (Å²) >= 11 is 0. The Hall–Kier alpha value is -1.35. The van der Waals surface area contributed by atoms with E-state index in [0.29, 0.717) is 23.7 Å². The fraction of sp³-hybridized carbons (Fsp3) is 0.650. The summed E-state index contributed by atoms with van der Waals surface area (Å²) in [4.78, 5) is 15.2. The number of aryl methyl sites for hydroxylation is 1. The molecule has 1 aromatic rings. The summed E-state index contributed by atoms with van der Waals surface area (Å²) in [7, 11) is 3.84. The molecule has 0 aromatic heterocycles. The van der Waals surface area contributed by atoms with Gasteiger partial charge in [0.15, 0.2) is 5.78 Å². The van der Waals surface area contributed by atoms with Gasteiger partial charge in [0.05, 0.1) is 7.11 Å². The molecule has 3 nitrogen and oxygen atoms in total. The van der Waals surface area contributed by atoms with E-state index in [-0.39, 0.29) is 5.78 Å². The molecule has 1 saturated heterocycles. The molecule has 3 unspecified atom stereocenters. The van der Waals surface area contributed by atoms with Crippen LogP contribution in [-0.2, 0) is 0 Å². The summed E-state index contributed by atoms with van der Waals surface area (Å²) in [5.74, 6) is 2.05. The lowest BCUT2D eigenvalue weighted by Gasteiger charge is -2.33. The smallest absolute Gasteiger partial charge is 0.163 e. The number of nitrogens with zero attached hydrogens (tertiary/aromatic N) is 1. The van der Waals surface area contributed by atoms with Gasteiger partial charge in [0.2, 0.25) is 0 Å². The molecule has 0 amide bonds. The van der Waals surface area contributed by atoms with Crippen molar-refractivity contribution in [1.82, 2.24) is 4.90 Å². The van der Waals surface area contributed by atoms with Crippen LogP contribution in [0.1, 0.15) is 49.5 Å². The highest BCUT2D eigenvalue weighted by Crippen LogP contribution is 2.43. The van der Waals surface area contributed by atoms with E-state index in [0.717, 1.165) is 30.0 Å². The molecular weight excluding hydrogens is 286 g/mol. The van der Waals surface area contributed by atoms with E-state index < -0.39 is 0 Å². The third-order valence-electron chi connectivity index (χ3n) is 5.77. The lowest BCUT2D eigenvalue weighted by Crippen LogP contribution is -2.31. The minimum atomic E-state index is 0.255. The van der Waals surface area contributed by atoms with Crippen LogP contribution in [0.2, 0.25) is 0 Å². The fourth-order valence-electron chi connectivity index (χ4n) is 4.22. The van der Waals surface area contributed by atoms with Crippen LogP contribution in [-0.4, -0.2) is 37.9 Å². The molecule has 2 rings (SSSR count). The molecule has 3 heteroatoms. The van der Waals surface area contributed by atoms with E-state index in [2.05, 4.69) is 32.7 Å². The number of ether oxygens (including phenoxy) is 1. The molecule has 0 bridgehead atoms. The van der Waals surface area contributed by atoms with Crippen molar-refractivity contribution in [2.45, 2.75) is 40.5 Å². The number of rotatable bonds is 6. The first-order valence-electron chi connectivity index (χ1n) is 8.67. The Labute approximate surface area is 141 Å². The van der Waals surface area contributed by atoms with E-state index in [9.17, 15) is 4.79 Å². The second-order valence-corrected chi connectivity index (χ2v) is 7.60. The zero-order valence-corrected chi connectivity index (χ0v) is 15.5. The van der Waals surface area contributed by atoms with Crippen LogP contribution in [0.25, 0.3) is 0 Å². The molecule has 0 N–H and O–H groups in total. The van der Waals surface area contributed by atoms with E-state index in [1.807, 2.05) is 25.1 Å². The highest BCUT2D eigenvalue weighted by atomic mass is 16.5. The molecule has 0 spiro atoms. The van der Waals surface area contributed by atoms with Gasteiger partial charge in [-0.2, -0.15) is 0 Å². The summed E-state index contributed by atoms with van der Waals surface area (Å²) in [6.45, 7) is 11.1. The number of carbonyl (C=O) groups excluding carboxylic acids is 1. The van der Waals surface area contributed by atoms with Crippen LogP contribution in [0.5, 0.6) is 5.75 Å². The number of ketones is 1. The van der Waals surface area contributed by atoms with Gasteiger partial charge in [-0.25, -0.2) is 0 Å². The molecule has 23 heavy (non-hydrogen) atoms. The molecule has 1 aliphatic heterocycles. The van der Waals surface area contributed by atoms with Crippen molar-refractivity contribution in [1.29, 1.82) is 0 Å². The Kier molecular flexibility index (Phi) is 5.51. The highest BCUT2D eigenvalue weighted by Gasteiger charge is 2.43. The lowest BCUT2D eigenvalue weighted by atomic mass is 9.70. The van der Waals surface area contributed by atoms with Gasteiger partial charge < -0.3 is 9.64 Å². The summed E-state index contributed by atoms with van der Waals surface area (Å²) in [5.41, 5.74) is 2.16. The maximum absolute atomic E-state index is 12.8. The second kappa shape index (κ2) is 7.04. The van der Waals surface area contributed by atoms with E-state index in [4.69, 9.17) is 4.74 Å². The van der Waals surface area contributed by atoms with Crippen molar-refractivity contribution in [3.8, 4) is 5.75 Å². The quantitative estimate of drug-likeness (QED) is 0.737. The molecule has 1 fully saturated rings. The first-order valence-corrected chi connectivity index (χ1v) is 8.67. The summed E-state index contributed by atoms with van der Waals surface area (Å²) < 4.78 is 5.23. The van der Waals surface area contributed by atoms with E-state index in [1.54, 1.807) is 7.11 Å². The van der Waals surface area contributed by atoms with Crippen molar-refractivity contribution < 1.29 is 9.53 Å². The summed E-state index contributed by atoms with van der Waals surface area (Å²) in [6, 6.07) is 5.73. The number of carbonyl (C=O) groups is 1. The summed E-state index contributed by atoms with van der Waals surface area (Å²) in [5, 5.41) is 0. The van der Waals surface area contributed by atoms with Gasteiger partial charge in [0.25, 0.3) is 0 Å². The average molecular weight is 317 g/mol. The third-order valence-corrected chi connectivity index (χ3v) is 5.77. The largest absolute Gasteiger partial charge is 0.497 e. The predicted octanol–water partition coefficient (Wildman–Crippen LogP) is 4.19. The van der Waals surface area contributed by atoms with Gasteiger partial charge in [-0.3, -0.25) is 4.79 Å². The van der Waals surface area contributed by atoms with Crippen molar-refractivity contribution in [3.63, 3.8) is 0 Å². The number of hydrogen-bond acceptors (Lipinski definition) is 3. The van der Waals surface area contributed by atoms with Gasteiger partial charge in [0, 0.05) is 25.1 Å². The molecule has 1 heterocycles. The van der Waals surface area contributed by atoms with Crippen LogP contribution >= 0.6 is 0 Å². The minimum absolute atomic E-state index is 0.255. The maximum atomic E-state index is 12.8. The number of likely N-dealkylation sites (tertiary alicyclic amines) is 1. The topological polar surface area (TPSA) is 29.5 Å². The van der Waals surface area contributed by atoms with Crippen molar-refractivity contribution in [2.75, 3.05) is 27.2 Å². The Morgan fingerprint density at radius 3 is 2.74 bits per heavy atom. The molecule has 128 valence electrons. The van der Waals surface area contributed by atoms with Gasteiger partial charge in [-0.15, -0.1) is 0 Å². The third kappa shape index (κ3) is 3.77. The Balaban J connectivity index is 2.11. The predicted molar refractivity (Wildman–Crippen MR) is 95.2 cm³/mol. The zero-order chi connectivity index (χ0) is 17.2.